The van der Waals surface area contributed by atoms with Crippen molar-refractivity contribution in [1.29, 1.82) is 0 Å². The third kappa shape index (κ3) is 3.89. The van der Waals surface area contributed by atoms with Crippen LogP contribution in [-0.4, -0.2) is 40.1 Å². The summed E-state index contributed by atoms with van der Waals surface area (Å²) >= 11 is 11.4. The van der Waals surface area contributed by atoms with Gasteiger partial charge in [-0.05, 0) is 61.0 Å². The monoisotopic (exact) mass is 471 g/mol. The van der Waals surface area contributed by atoms with Gasteiger partial charge in [0.05, 0.1) is 16.9 Å². The van der Waals surface area contributed by atoms with Crippen molar-refractivity contribution >= 4 is 40.6 Å². The van der Waals surface area contributed by atoms with Crippen LogP contribution < -0.4 is 15.0 Å². The van der Waals surface area contributed by atoms with Crippen LogP contribution in [0, 0.1) is 4.77 Å². The van der Waals surface area contributed by atoms with Crippen LogP contribution >= 0.6 is 23.8 Å². The number of carbonyl (C=O) groups excluding carboxylic acids is 1. The molecule has 3 aromatic rings. The Morgan fingerprint density at radius 3 is 2.81 bits per heavy atom. The summed E-state index contributed by atoms with van der Waals surface area (Å²) in [7, 11) is 0. The zero-order valence-electron chi connectivity index (χ0n) is 17.3. The molecular formula is C23H22ClN3O4S. The lowest BCUT2D eigenvalue weighted by Crippen LogP contribution is -2.32. The Balaban J connectivity index is 1.34. The number of nitrogens with zero attached hydrogens (tertiary/aromatic N) is 2. The van der Waals surface area contributed by atoms with E-state index in [0.717, 1.165) is 29.9 Å². The molecule has 2 aliphatic heterocycles. The van der Waals surface area contributed by atoms with E-state index < -0.39 is 0 Å². The lowest BCUT2D eigenvalue weighted by atomic mass is 10.0. The number of carbonyl (C=O) groups is 1. The second-order valence-electron chi connectivity index (χ2n) is 7.98. The molecular weight excluding hydrogens is 450 g/mol. The summed E-state index contributed by atoms with van der Waals surface area (Å²) in [5, 5.41) is 1.01. The number of likely N-dealkylation sites (tertiary alicyclic amines) is 1. The number of amides is 1. The van der Waals surface area contributed by atoms with Crippen LogP contribution in [0.3, 0.4) is 0 Å². The molecule has 1 atom stereocenters. The number of hydrogen-bond acceptors (Lipinski definition) is 5. The van der Waals surface area contributed by atoms with Crippen LogP contribution in [0.2, 0.25) is 5.02 Å². The number of rotatable bonds is 4. The van der Waals surface area contributed by atoms with E-state index in [4.69, 9.17) is 33.3 Å². The third-order valence-corrected chi connectivity index (χ3v) is 6.57. The van der Waals surface area contributed by atoms with Gasteiger partial charge in [0.1, 0.15) is 13.2 Å². The first-order chi connectivity index (χ1) is 15.5. The fraction of sp³-hybridized carbons (Fsp3) is 0.348. The zero-order chi connectivity index (χ0) is 22.2. The van der Waals surface area contributed by atoms with E-state index in [0.29, 0.717) is 35.7 Å². The van der Waals surface area contributed by atoms with E-state index in [1.807, 2.05) is 23.1 Å². The number of aromatic nitrogens is 2. The molecule has 0 bridgehead atoms. The van der Waals surface area contributed by atoms with E-state index in [2.05, 4.69) is 4.98 Å². The topological polar surface area (TPSA) is 76.6 Å². The van der Waals surface area contributed by atoms with Gasteiger partial charge < -0.3 is 19.4 Å². The molecule has 7 nitrogen and oxygen atoms in total. The molecule has 1 N–H and O–H groups in total. The highest BCUT2D eigenvalue weighted by Crippen LogP contribution is 2.38. The molecule has 1 fully saturated rings. The number of fused-ring (bicyclic) bond motifs is 2. The Hall–Kier alpha value is -2.84. The van der Waals surface area contributed by atoms with Crippen molar-refractivity contribution in [2.24, 2.45) is 0 Å². The zero-order valence-corrected chi connectivity index (χ0v) is 18.9. The Bertz CT molecular complexity index is 1320. The SMILES string of the molecule is O=C(CCn1c(=S)[nH]c2cc(Cl)ccc2c1=O)N1CCC[C@H]1c1ccc2c(c1)OCCO2. The molecule has 2 aliphatic rings. The van der Waals surface area contributed by atoms with Crippen molar-refractivity contribution in [2.75, 3.05) is 19.8 Å². The van der Waals surface area contributed by atoms with Crippen molar-refractivity contribution in [3.63, 3.8) is 0 Å². The van der Waals surface area contributed by atoms with Crippen molar-refractivity contribution in [3.8, 4) is 11.5 Å². The fourth-order valence-corrected chi connectivity index (χ4v) is 4.92. The van der Waals surface area contributed by atoms with Crippen molar-refractivity contribution < 1.29 is 14.3 Å². The van der Waals surface area contributed by atoms with Crippen LogP contribution in [0.15, 0.2) is 41.2 Å². The summed E-state index contributed by atoms with van der Waals surface area (Å²) in [6, 6.07) is 10.9. The van der Waals surface area contributed by atoms with E-state index in [-0.39, 0.29) is 35.2 Å². The minimum Gasteiger partial charge on any atom is -0.486 e. The first kappa shape index (κ1) is 21.0. The van der Waals surface area contributed by atoms with E-state index in [1.54, 1.807) is 18.2 Å². The fourth-order valence-electron chi connectivity index (χ4n) is 4.46. The lowest BCUT2D eigenvalue weighted by molar-refractivity contribution is -0.132. The molecule has 1 amide bonds. The van der Waals surface area contributed by atoms with Crippen LogP contribution in [0.4, 0.5) is 0 Å². The molecule has 9 heteroatoms. The van der Waals surface area contributed by atoms with Gasteiger partial charge >= 0.3 is 0 Å². The Morgan fingerprint density at radius 1 is 1.16 bits per heavy atom. The smallest absolute Gasteiger partial charge is 0.262 e. The van der Waals surface area contributed by atoms with E-state index in [9.17, 15) is 9.59 Å². The minimum atomic E-state index is -0.224. The second-order valence-corrected chi connectivity index (χ2v) is 8.80. The van der Waals surface area contributed by atoms with E-state index in [1.165, 1.54) is 4.57 Å². The molecule has 0 radical (unpaired) electrons. The summed E-state index contributed by atoms with van der Waals surface area (Å²) in [6.07, 6.45) is 2.02. The number of aromatic amines is 1. The molecule has 0 saturated carbocycles. The molecule has 166 valence electrons. The van der Waals surface area contributed by atoms with Gasteiger partial charge in [-0.25, -0.2) is 0 Å². The molecule has 1 saturated heterocycles. The predicted molar refractivity (Wildman–Crippen MR) is 124 cm³/mol. The predicted octanol–water partition coefficient (Wildman–Crippen LogP) is 4.24. The number of ether oxygens (including phenoxy) is 2. The summed E-state index contributed by atoms with van der Waals surface area (Å²) in [5.41, 5.74) is 1.41. The third-order valence-electron chi connectivity index (χ3n) is 6.02. The van der Waals surface area contributed by atoms with Gasteiger partial charge in [0.25, 0.3) is 5.56 Å². The molecule has 0 aliphatic carbocycles. The normalized spacial score (nSPS) is 17.7. The first-order valence-electron chi connectivity index (χ1n) is 10.6. The van der Waals surface area contributed by atoms with Crippen LogP contribution in [0.25, 0.3) is 10.9 Å². The molecule has 0 unspecified atom stereocenters. The maximum atomic E-state index is 13.1. The van der Waals surface area contributed by atoms with Crippen LogP contribution in [0.5, 0.6) is 11.5 Å². The first-order valence-corrected chi connectivity index (χ1v) is 11.4. The number of benzene rings is 2. The second kappa shape index (κ2) is 8.60. The highest BCUT2D eigenvalue weighted by molar-refractivity contribution is 7.71. The molecule has 32 heavy (non-hydrogen) atoms. The largest absolute Gasteiger partial charge is 0.486 e. The highest BCUT2D eigenvalue weighted by atomic mass is 35.5. The van der Waals surface area contributed by atoms with Crippen molar-refractivity contribution in [3.05, 3.63) is 62.1 Å². The van der Waals surface area contributed by atoms with Crippen LogP contribution in [0.1, 0.15) is 30.9 Å². The molecule has 3 heterocycles. The van der Waals surface area contributed by atoms with Crippen molar-refractivity contribution in [1.82, 2.24) is 14.5 Å². The summed E-state index contributed by atoms with van der Waals surface area (Å²) in [6.45, 7) is 1.98. The van der Waals surface area contributed by atoms with Gasteiger partial charge in [0.15, 0.2) is 16.3 Å². The average molecular weight is 472 g/mol. The van der Waals surface area contributed by atoms with Gasteiger partial charge in [-0.15, -0.1) is 0 Å². The van der Waals surface area contributed by atoms with Crippen LogP contribution in [-0.2, 0) is 11.3 Å². The number of nitrogens with one attached hydrogen (secondary N) is 1. The van der Waals surface area contributed by atoms with Gasteiger partial charge in [0.2, 0.25) is 5.91 Å². The minimum absolute atomic E-state index is 0.0000999. The Labute approximate surface area is 194 Å². The maximum Gasteiger partial charge on any atom is 0.262 e. The molecule has 2 aromatic carbocycles. The lowest BCUT2D eigenvalue weighted by Gasteiger charge is -2.27. The van der Waals surface area contributed by atoms with Gasteiger partial charge in [-0.1, -0.05) is 17.7 Å². The molecule has 5 rings (SSSR count). The van der Waals surface area contributed by atoms with Gasteiger partial charge in [-0.2, -0.15) is 0 Å². The number of halogens is 1. The summed E-state index contributed by atoms with van der Waals surface area (Å²) < 4.78 is 13.0. The summed E-state index contributed by atoms with van der Waals surface area (Å²) in [5.74, 6) is 1.46. The Morgan fingerprint density at radius 2 is 1.97 bits per heavy atom. The quantitative estimate of drug-likeness (QED) is 0.576. The standard InChI is InChI=1S/C23H22ClN3O4S/c24-15-4-5-16-17(13-15)25-23(32)27(22(16)29)9-7-21(28)26-8-1-2-18(26)14-3-6-19-20(12-14)31-11-10-30-19/h3-6,12-13,18H,1-2,7-11H2,(H,25,32)/t18-/m0/s1. The summed E-state index contributed by atoms with van der Waals surface area (Å²) in [4.78, 5) is 30.9. The highest BCUT2D eigenvalue weighted by Gasteiger charge is 2.30. The van der Waals surface area contributed by atoms with Gasteiger partial charge in [-0.3, -0.25) is 14.2 Å². The van der Waals surface area contributed by atoms with Crippen molar-refractivity contribution in [2.45, 2.75) is 31.8 Å². The number of H-pyrrole nitrogens is 1. The average Bonchev–Trinajstić information content (AvgIpc) is 3.28. The number of hydrogen-bond donors (Lipinski definition) is 1. The van der Waals surface area contributed by atoms with E-state index >= 15 is 0 Å². The molecule has 0 spiro atoms. The maximum absolute atomic E-state index is 13.1. The molecule has 1 aromatic heterocycles. The Kier molecular flexibility index (Phi) is 5.65. The van der Waals surface area contributed by atoms with Gasteiger partial charge in [0, 0.05) is 24.5 Å².